The lowest BCUT2D eigenvalue weighted by molar-refractivity contribution is -0.383. The molecule has 2 aromatic heterocycles. The summed E-state index contributed by atoms with van der Waals surface area (Å²) in [5, 5.41) is 14.9. The van der Waals surface area contributed by atoms with Gasteiger partial charge in [0.15, 0.2) is 0 Å². The Balaban J connectivity index is 1.56. The molecule has 0 atom stereocenters. The summed E-state index contributed by atoms with van der Waals surface area (Å²) in [4.78, 5) is 28.3. The fourth-order valence-corrected chi connectivity index (χ4v) is 3.58. The van der Waals surface area contributed by atoms with Gasteiger partial charge in [0.05, 0.1) is 4.92 Å². The second kappa shape index (κ2) is 8.55. The number of piperazine rings is 1. The van der Waals surface area contributed by atoms with Gasteiger partial charge in [0.1, 0.15) is 12.1 Å². The zero-order chi connectivity index (χ0) is 20.2. The number of rotatable bonds is 5. The van der Waals surface area contributed by atoms with Crippen LogP contribution in [0.2, 0.25) is 0 Å². The lowest BCUT2D eigenvalue weighted by Crippen LogP contribution is -2.47. The third-order valence-corrected chi connectivity index (χ3v) is 5.36. The Labute approximate surface area is 181 Å². The van der Waals surface area contributed by atoms with E-state index in [4.69, 9.17) is 0 Å². The molecule has 1 N–H and O–H groups in total. The van der Waals surface area contributed by atoms with E-state index in [2.05, 4.69) is 47.8 Å². The largest absolute Gasteiger partial charge is 0.353 e. The first-order valence-electron chi connectivity index (χ1n) is 9.05. The van der Waals surface area contributed by atoms with E-state index in [0.717, 1.165) is 15.1 Å². The summed E-state index contributed by atoms with van der Waals surface area (Å²) in [5.41, 5.74) is 0.621. The van der Waals surface area contributed by atoms with Crippen LogP contribution in [0.4, 0.5) is 28.8 Å². The molecule has 29 heavy (non-hydrogen) atoms. The lowest BCUT2D eigenvalue weighted by atomic mass is 10.2. The Morgan fingerprint density at radius 3 is 2.34 bits per heavy atom. The van der Waals surface area contributed by atoms with Gasteiger partial charge in [-0.15, -0.1) is 0 Å². The van der Waals surface area contributed by atoms with Crippen molar-refractivity contribution < 1.29 is 4.92 Å². The minimum Gasteiger partial charge on any atom is -0.353 e. The molecule has 3 aromatic rings. The minimum absolute atomic E-state index is 0.114. The number of pyridine rings is 1. The lowest BCUT2D eigenvalue weighted by Gasteiger charge is -2.35. The number of anilines is 4. The third kappa shape index (κ3) is 4.36. The highest BCUT2D eigenvalue weighted by Gasteiger charge is 2.29. The van der Waals surface area contributed by atoms with Gasteiger partial charge < -0.3 is 15.1 Å². The van der Waals surface area contributed by atoms with E-state index in [-0.39, 0.29) is 11.5 Å². The number of halogens is 1. The van der Waals surface area contributed by atoms with Gasteiger partial charge in [-0.05, 0) is 59.0 Å². The van der Waals surface area contributed by atoms with Crippen LogP contribution in [0.1, 0.15) is 0 Å². The number of hydrogen-bond acceptors (Lipinski definition) is 8. The fraction of sp³-hybridized carbons (Fsp3) is 0.211. The molecule has 1 aliphatic heterocycles. The molecule has 9 nitrogen and oxygen atoms in total. The average molecular weight is 503 g/mol. The van der Waals surface area contributed by atoms with Crippen molar-refractivity contribution in [1.82, 2.24) is 15.0 Å². The zero-order valence-corrected chi connectivity index (χ0v) is 17.6. The van der Waals surface area contributed by atoms with E-state index in [1.54, 1.807) is 6.20 Å². The first-order valence-corrected chi connectivity index (χ1v) is 10.1. The number of nitrogens with zero attached hydrogens (tertiary/aromatic N) is 6. The van der Waals surface area contributed by atoms with Crippen molar-refractivity contribution in [1.29, 1.82) is 0 Å². The van der Waals surface area contributed by atoms with Gasteiger partial charge in [0.2, 0.25) is 11.6 Å². The number of aromatic nitrogens is 3. The van der Waals surface area contributed by atoms with Crippen LogP contribution in [-0.4, -0.2) is 46.1 Å². The van der Waals surface area contributed by atoms with Crippen LogP contribution in [-0.2, 0) is 0 Å². The second-order valence-electron chi connectivity index (χ2n) is 6.45. The van der Waals surface area contributed by atoms with Gasteiger partial charge in [-0.2, -0.15) is 0 Å². The van der Waals surface area contributed by atoms with Crippen LogP contribution >= 0.6 is 22.6 Å². The van der Waals surface area contributed by atoms with Gasteiger partial charge in [0, 0.05) is 41.6 Å². The molecule has 0 spiro atoms. The number of nitrogens with one attached hydrogen (secondary N) is 1. The van der Waals surface area contributed by atoms with Crippen molar-refractivity contribution in [2.24, 2.45) is 0 Å². The molecule has 0 saturated carbocycles. The molecule has 0 bridgehead atoms. The predicted molar refractivity (Wildman–Crippen MR) is 120 cm³/mol. The van der Waals surface area contributed by atoms with Gasteiger partial charge in [-0.25, -0.2) is 15.0 Å². The molecule has 148 valence electrons. The summed E-state index contributed by atoms with van der Waals surface area (Å²) in [5.74, 6) is 1.43. The molecule has 0 radical (unpaired) electrons. The van der Waals surface area contributed by atoms with Crippen LogP contribution < -0.4 is 15.1 Å². The maximum absolute atomic E-state index is 11.9. The van der Waals surface area contributed by atoms with E-state index in [1.165, 1.54) is 6.33 Å². The first kappa shape index (κ1) is 19.3. The molecule has 1 aromatic carbocycles. The SMILES string of the molecule is O=[N+]([O-])c1c(Nc2ccc(I)cc2)ncnc1N1CCN(c2ccccn2)CC1. The van der Waals surface area contributed by atoms with Gasteiger partial charge in [-0.3, -0.25) is 10.1 Å². The molecule has 0 aliphatic carbocycles. The van der Waals surface area contributed by atoms with Crippen molar-refractivity contribution in [2.45, 2.75) is 0 Å². The minimum atomic E-state index is -0.421. The van der Waals surface area contributed by atoms with Crippen LogP contribution in [0.25, 0.3) is 0 Å². The molecule has 1 fully saturated rings. The number of nitro groups is 1. The zero-order valence-electron chi connectivity index (χ0n) is 15.4. The van der Waals surface area contributed by atoms with E-state index >= 15 is 0 Å². The van der Waals surface area contributed by atoms with Crippen molar-refractivity contribution in [3.63, 3.8) is 0 Å². The standard InChI is InChI=1S/C19H18IN7O2/c20-14-4-6-15(7-5-14)24-18-17(27(28)29)19(23-13-22-18)26-11-9-25(10-12-26)16-3-1-2-8-21-16/h1-8,13H,9-12H2,(H,22,23,24). The van der Waals surface area contributed by atoms with Crippen molar-refractivity contribution in [2.75, 3.05) is 41.3 Å². The molecule has 0 amide bonds. The number of benzene rings is 1. The third-order valence-electron chi connectivity index (χ3n) is 4.64. The molecule has 0 unspecified atom stereocenters. The van der Waals surface area contributed by atoms with Crippen LogP contribution in [0.15, 0.2) is 55.0 Å². The monoisotopic (exact) mass is 503 g/mol. The Hall–Kier alpha value is -3.02. The maximum Gasteiger partial charge on any atom is 0.353 e. The van der Waals surface area contributed by atoms with Crippen LogP contribution in [0, 0.1) is 13.7 Å². The summed E-state index contributed by atoms with van der Waals surface area (Å²) < 4.78 is 1.08. The second-order valence-corrected chi connectivity index (χ2v) is 7.69. The van der Waals surface area contributed by atoms with Crippen LogP contribution in [0.3, 0.4) is 0 Å². The van der Waals surface area contributed by atoms with Crippen molar-refractivity contribution >= 4 is 51.4 Å². The van der Waals surface area contributed by atoms with Crippen LogP contribution in [0.5, 0.6) is 0 Å². The van der Waals surface area contributed by atoms with Gasteiger partial charge in [-0.1, -0.05) is 6.07 Å². The van der Waals surface area contributed by atoms with Crippen molar-refractivity contribution in [3.8, 4) is 0 Å². The molecule has 1 saturated heterocycles. The van der Waals surface area contributed by atoms with E-state index < -0.39 is 4.92 Å². The highest BCUT2D eigenvalue weighted by atomic mass is 127. The van der Waals surface area contributed by atoms with E-state index in [9.17, 15) is 10.1 Å². The Morgan fingerprint density at radius 1 is 0.966 bits per heavy atom. The summed E-state index contributed by atoms with van der Waals surface area (Å²) in [6.07, 6.45) is 3.13. The summed E-state index contributed by atoms with van der Waals surface area (Å²) >= 11 is 2.21. The summed E-state index contributed by atoms with van der Waals surface area (Å²) in [6.45, 7) is 2.63. The quantitative estimate of drug-likeness (QED) is 0.321. The van der Waals surface area contributed by atoms with Gasteiger partial charge >= 0.3 is 5.69 Å². The molecule has 1 aliphatic rings. The highest BCUT2D eigenvalue weighted by molar-refractivity contribution is 14.1. The molecule has 4 rings (SSSR count). The topological polar surface area (TPSA) is 100 Å². The van der Waals surface area contributed by atoms with Gasteiger partial charge in [0.25, 0.3) is 0 Å². The Bertz CT molecular complexity index is 993. The van der Waals surface area contributed by atoms with E-state index in [0.29, 0.717) is 32.0 Å². The average Bonchev–Trinajstić information content (AvgIpc) is 2.76. The normalized spacial score (nSPS) is 14.0. The maximum atomic E-state index is 11.9. The Morgan fingerprint density at radius 2 is 1.69 bits per heavy atom. The number of hydrogen-bond donors (Lipinski definition) is 1. The summed E-state index contributed by atoms with van der Waals surface area (Å²) in [6, 6.07) is 13.4. The Kier molecular flexibility index (Phi) is 5.69. The molecular formula is C19H18IN7O2. The summed E-state index contributed by atoms with van der Waals surface area (Å²) in [7, 11) is 0. The smallest absolute Gasteiger partial charge is 0.353 e. The molecule has 3 heterocycles. The highest BCUT2D eigenvalue weighted by Crippen LogP contribution is 2.34. The molecular weight excluding hydrogens is 485 g/mol. The molecule has 10 heteroatoms. The first-order chi connectivity index (χ1) is 14.1. The van der Waals surface area contributed by atoms with E-state index in [1.807, 2.05) is 47.4 Å². The van der Waals surface area contributed by atoms with Crippen molar-refractivity contribution in [3.05, 3.63) is 68.7 Å². The fourth-order valence-electron chi connectivity index (χ4n) is 3.22. The predicted octanol–water partition coefficient (Wildman–Crippen LogP) is 3.45.